The molecule has 0 aromatic heterocycles. The lowest BCUT2D eigenvalue weighted by Crippen LogP contribution is -2.38. The molecule has 0 radical (unpaired) electrons. The third-order valence-electron chi connectivity index (χ3n) is 2.70. The predicted octanol–water partition coefficient (Wildman–Crippen LogP) is 1.85. The van der Waals surface area contributed by atoms with Gasteiger partial charge in [0.1, 0.15) is 11.6 Å². The van der Waals surface area contributed by atoms with Crippen LogP contribution in [0.25, 0.3) is 0 Å². The fourth-order valence-electron chi connectivity index (χ4n) is 1.63. The van der Waals surface area contributed by atoms with Crippen molar-refractivity contribution in [3.63, 3.8) is 0 Å². The zero-order chi connectivity index (χ0) is 13.7. The molecule has 0 saturated carbocycles. The van der Waals surface area contributed by atoms with E-state index in [4.69, 9.17) is 5.11 Å². The molecule has 0 spiro atoms. The molecule has 0 fully saturated rings. The number of hydrogen-bond donors (Lipinski definition) is 1. The van der Waals surface area contributed by atoms with E-state index in [1.807, 2.05) is 13.8 Å². The van der Waals surface area contributed by atoms with E-state index in [-0.39, 0.29) is 24.8 Å². The Morgan fingerprint density at radius 2 is 2.06 bits per heavy atom. The highest BCUT2D eigenvalue weighted by molar-refractivity contribution is 5.97. The summed E-state index contributed by atoms with van der Waals surface area (Å²) >= 11 is 0. The van der Waals surface area contributed by atoms with Crippen molar-refractivity contribution in [3.8, 4) is 0 Å². The molecule has 100 valence electrons. The molecule has 0 aliphatic rings. The van der Waals surface area contributed by atoms with Gasteiger partial charge < -0.3 is 5.11 Å². The molecule has 18 heavy (non-hydrogen) atoms. The molecule has 0 unspecified atom stereocenters. The first-order chi connectivity index (χ1) is 8.45. The highest BCUT2D eigenvalue weighted by Crippen LogP contribution is 2.11. The molecule has 1 N–H and O–H groups in total. The maximum atomic E-state index is 13.4. The molecule has 0 heterocycles. The van der Waals surface area contributed by atoms with E-state index in [1.54, 1.807) is 4.90 Å². The van der Waals surface area contributed by atoms with Gasteiger partial charge in [-0.25, -0.2) is 8.78 Å². The number of ketones is 1. The Morgan fingerprint density at radius 3 is 2.56 bits per heavy atom. The summed E-state index contributed by atoms with van der Waals surface area (Å²) in [6.45, 7) is 4.03. The molecule has 0 aliphatic heterocycles. The summed E-state index contributed by atoms with van der Waals surface area (Å²) in [5.41, 5.74) is -0.125. The number of nitrogens with zero attached hydrogens (tertiary/aromatic N) is 1. The summed E-state index contributed by atoms with van der Waals surface area (Å²) in [5, 5.41) is 8.88. The Labute approximate surface area is 105 Å². The van der Waals surface area contributed by atoms with Gasteiger partial charge in [-0.1, -0.05) is 0 Å². The van der Waals surface area contributed by atoms with Crippen LogP contribution < -0.4 is 0 Å². The second-order valence-electron chi connectivity index (χ2n) is 4.34. The van der Waals surface area contributed by atoms with Crippen LogP contribution in [0.3, 0.4) is 0 Å². The average Bonchev–Trinajstić information content (AvgIpc) is 2.27. The van der Waals surface area contributed by atoms with Crippen LogP contribution in [-0.2, 0) is 0 Å². The van der Waals surface area contributed by atoms with Crippen LogP contribution in [0.1, 0.15) is 24.2 Å². The van der Waals surface area contributed by atoms with Gasteiger partial charge in [0.15, 0.2) is 5.78 Å². The Balaban J connectivity index is 2.80. The largest absolute Gasteiger partial charge is 0.395 e. The second kappa shape index (κ2) is 6.56. The number of carbonyl (C=O) groups is 1. The minimum Gasteiger partial charge on any atom is -0.395 e. The fraction of sp³-hybridized carbons (Fsp3) is 0.462. The molecule has 1 aromatic carbocycles. The van der Waals surface area contributed by atoms with Crippen LogP contribution in [0.15, 0.2) is 18.2 Å². The minimum atomic E-state index is -0.854. The van der Waals surface area contributed by atoms with Crippen LogP contribution >= 0.6 is 0 Å². The van der Waals surface area contributed by atoms with Gasteiger partial charge in [0, 0.05) is 18.7 Å². The Bertz CT molecular complexity index is 421. The molecule has 0 atom stereocenters. The number of carbonyl (C=O) groups excluding carboxylic acids is 1. The van der Waals surface area contributed by atoms with Gasteiger partial charge in [-0.3, -0.25) is 9.69 Å². The van der Waals surface area contributed by atoms with E-state index in [1.165, 1.54) is 0 Å². The summed E-state index contributed by atoms with van der Waals surface area (Å²) in [6.07, 6.45) is 0. The molecule has 0 saturated heterocycles. The zero-order valence-electron chi connectivity index (χ0n) is 10.5. The third-order valence-corrected chi connectivity index (χ3v) is 2.70. The molecular formula is C13H17F2NO2. The van der Waals surface area contributed by atoms with Gasteiger partial charge in [-0.15, -0.1) is 0 Å². The van der Waals surface area contributed by atoms with E-state index in [9.17, 15) is 13.6 Å². The fourth-order valence-corrected chi connectivity index (χ4v) is 1.63. The third kappa shape index (κ3) is 3.85. The molecular weight excluding hydrogens is 240 g/mol. The molecule has 3 nitrogen and oxygen atoms in total. The summed E-state index contributed by atoms with van der Waals surface area (Å²) in [6, 6.07) is 2.95. The average molecular weight is 257 g/mol. The van der Waals surface area contributed by atoms with Gasteiger partial charge in [0.25, 0.3) is 0 Å². The first-order valence-electron chi connectivity index (χ1n) is 5.79. The van der Waals surface area contributed by atoms with Gasteiger partial charge >= 0.3 is 0 Å². The van der Waals surface area contributed by atoms with E-state index in [2.05, 4.69) is 0 Å². The monoisotopic (exact) mass is 257 g/mol. The Morgan fingerprint density at radius 1 is 1.39 bits per heavy atom. The minimum absolute atomic E-state index is 0.000773. The van der Waals surface area contributed by atoms with Crippen molar-refractivity contribution >= 4 is 5.78 Å². The molecule has 0 aliphatic carbocycles. The van der Waals surface area contributed by atoms with Crippen molar-refractivity contribution in [3.05, 3.63) is 35.4 Å². The number of Topliss-reactive ketones (excluding diaryl/α,β-unsaturated/α-hetero) is 1. The first kappa shape index (κ1) is 14.7. The predicted molar refractivity (Wildman–Crippen MR) is 64.5 cm³/mol. The summed E-state index contributed by atoms with van der Waals surface area (Å²) in [5.74, 6) is -1.98. The van der Waals surface area contributed by atoms with Crippen molar-refractivity contribution in [1.82, 2.24) is 4.90 Å². The highest BCUT2D eigenvalue weighted by Gasteiger charge is 2.17. The summed E-state index contributed by atoms with van der Waals surface area (Å²) in [4.78, 5) is 13.6. The zero-order valence-corrected chi connectivity index (χ0v) is 10.5. The van der Waals surface area contributed by atoms with Gasteiger partial charge in [0.05, 0.1) is 18.7 Å². The normalized spacial score (nSPS) is 11.3. The maximum absolute atomic E-state index is 13.4. The van der Waals surface area contributed by atoms with Gasteiger partial charge in [-0.2, -0.15) is 0 Å². The van der Waals surface area contributed by atoms with E-state index in [0.717, 1.165) is 12.1 Å². The number of aliphatic hydroxyl groups is 1. The quantitative estimate of drug-likeness (QED) is 0.791. The van der Waals surface area contributed by atoms with Crippen molar-refractivity contribution < 1.29 is 18.7 Å². The second-order valence-corrected chi connectivity index (χ2v) is 4.34. The SMILES string of the molecule is CC(C)N(CCO)CC(=O)c1ccc(F)cc1F. The molecule has 1 rings (SSSR count). The Kier molecular flexibility index (Phi) is 5.37. The summed E-state index contributed by atoms with van der Waals surface area (Å²) in [7, 11) is 0. The van der Waals surface area contributed by atoms with Crippen LogP contribution in [0.4, 0.5) is 8.78 Å². The topological polar surface area (TPSA) is 40.5 Å². The van der Waals surface area contributed by atoms with Crippen LogP contribution in [0.5, 0.6) is 0 Å². The molecule has 5 heteroatoms. The van der Waals surface area contributed by atoms with Crippen molar-refractivity contribution in [2.45, 2.75) is 19.9 Å². The van der Waals surface area contributed by atoms with Crippen molar-refractivity contribution in [1.29, 1.82) is 0 Å². The number of rotatable bonds is 6. The number of halogens is 2. The molecule has 0 bridgehead atoms. The van der Waals surface area contributed by atoms with E-state index in [0.29, 0.717) is 12.6 Å². The highest BCUT2D eigenvalue weighted by atomic mass is 19.1. The molecule has 0 amide bonds. The standard InChI is InChI=1S/C13H17F2NO2/c1-9(2)16(5-6-17)8-13(18)11-4-3-10(14)7-12(11)15/h3-4,7,9,17H,5-6,8H2,1-2H3. The Hall–Kier alpha value is -1.33. The van der Waals surface area contributed by atoms with E-state index >= 15 is 0 Å². The number of benzene rings is 1. The lowest BCUT2D eigenvalue weighted by molar-refractivity contribution is 0.0877. The first-order valence-corrected chi connectivity index (χ1v) is 5.79. The summed E-state index contributed by atoms with van der Waals surface area (Å²) < 4.78 is 26.1. The van der Waals surface area contributed by atoms with Crippen molar-refractivity contribution in [2.75, 3.05) is 19.7 Å². The lowest BCUT2D eigenvalue weighted by atomic mass is 10.1. The lowest BCUT2D eigenvalue weighted by Gasteiger charge is -2.24. The number of aliphatic hydroxyl groups excluding tert-OH is 1. The van der Waals surface area contributed by atoms with Gasteiger partial charge in [0.2, 0.25) is 0 Å². The number of hydrogen-bond acceptors (Lipinski definition) is 3. The van der Waals surface area contributed by atoms with E-state index < -0.39 is 17.4 Å². The van der Waals surface area contributed by atoms with Gasteiger partial charge in [-0.05, 0) is 26.0 Å². The molecule has 1 aromatic rings. The van der Waals surface area contributed by atoms with Crippen LogP contribution in [-0.4, -0.2) is 41.5 Å². The maximum Gasteiger partial charge on any atom is 0.179 e. The van der Waals surface area contributed by atoms with Crippen LogP contribution in [0.2, 0.25) is 0 Å². The van der Waals surface area contributed by atoms with Crippen molar-refractivity contribution in [2.24, 2.45) is 0 Å². The smallest absolute Gasteiger partial charge is 0.179 e. The van der Waals surface area contributed by atoms with Crippen LogP contribution in [0, 0.1) is 11.6 Å².